The van der Waals surface area contributed by atoms with Gasteiger partial charge in [-0.05, 0) is 122 Å². The maximum Gasteiger partial charge on any atom is 0.407 e. The summed E-state index contributed by atoms with van der Waals surface area (Å²) in [5.41, 5.74) is 10.3. The number of rotatable bonds is 17. The van der Waals surface area contributed by atoms with Crippen molar-refractivity contribution in [2.75, 3.05) is 32.7 Å². The number of alkyl carbamates (subject to hydrolysis) is 1. The Morgan fingerprint density at radius 1 is 0.732 bits per heavy atom. The Hall–Kier alpha value is -7.88. The standard InChI is InChI=1S/C61H72ClN11O9/c62-44-17-12-41(13-18-44)37-81-45-19-14-39(15-20-45)29-50-57(76)72-53(31-42-9-6-25-65-34-42)60(79)73-36-46(82-61(80)66-28-24-63)33-54(73)59(78)68-49(21-16-38-7-2-1-3-8-38)55(74)71-52(32-43-35-67-48-11-5-4-10-47(43)48)58(77)70-51(56(75)69-50)30-40-22-26-64-27-23-40/h1-15,17-20,25,34-35,40,46,49-54,56,64,67,69,75H,16,21-24,26-33,36-37,63H2,(H,66,80)(H,68,78)(H,70,77)(H,71,74)(H,72,76)/t46-,49+,50+,51+,52-,53+,54+,56?/m1/s1. The van der Waals surface area contributed by atoms with Crippen molar-refractivity contribution in [2.45, 2.75) is 113 Å². The number of nitrogens with one attached hydrogen (secondary N) is 8. The van der Waals surface area contributed by atoms with E-state index >= 15 is 24.0 Å². The van der Waals surface area contributed by atoms with E-state index in [4.69, 9.17) is 26.8 Å². The Labute approximate surface area is 481 Å². The molecule has 8 atom stereocenters. The summed E-state index contributed by atoms with van der Waals surface area (Å²) in [6, 6.07) is 27.6. The fourth-order valence-electron chi connectivity index (χ4n) is 10.9. The summed E-state index contributed by atoms with van der Waals surface area (Å²) in [4.78, 5) is 97.9. The quantitative estimate of drug-likeness (QED) is 0.0624. The number of aromatic amines is 1. The molecule has 2 aromatic heterocycles. The summed E-state index contributed by atoms with van der Waals surface area (Å²) in [6.45, 7) is 1.74. The van der Waals surface area contributed by atoms with Crippen LogP contribution in [0.2, 0.25) is 5.02 Å². The lowest BCUT2D eigenvalue weighted by Crippen LogP contribution is -2.63. The molecule has 0 radical (unpaired) electrons. The second-order valence-electron chi connectivity index (χ2n) is 21.3. The normalized spacial score (nSPS) is 23.4. The second-order valence-corrected chi connectivity index (χ2v) is 21.7. The van der Waals surface area contributed by atoms with Gasteiger partial charge in [-0.3, -0.25) is 34.3 Å². The van der Waals surface area contributed by atoms with E-state index in [9.17, 15) is 9.90 Å². The number of hydrogen-bond acceptors (Lipinski definition) is 13. The van der Waals surface area contributed by atoms with Crippen LogP contribution < -0.4 is 47.7 Å². The molecule has 3 aliphatic heterocycles. The highest BCUT2D eigenvalue weighted by molar-refractivity contribution is 6.30. The summed E-state index contributed by atoms with van der Waals surface area (Å²) in [6.07, 6.45) is 3.63. The van der Waals surface area contributed by atoms with Gasteiger partial charge in [-0.25, -0.2) is 4.79 Å². The predicted molar refractivity (Wildman–Crippen MR) is 309 cm³/mol. The van der Waals surface area contributed by atoms with Crippen LogP contribution in [0.4, 0.5) is 4.79 Å². The van der Waals surface area contributed by atoms with Crippen LogP contribution in [0.3, 0.4) is 0 Å². The van der Waals surface area contributed by atoms with Crippen LogP contribution in [0.15, 0.2) is 134 Å². The number of fused-ring (bicyclic) bond motifs is 2. The lowest BCUT2D eigenvalue weighted by Gasteiger charge is -2.35. The smallest absolute Gasteiger partial charge is 0.407 e. The Morgan fingerprint density at radius 2 is 1.41 bits per heavy atom. The monoisotopic (exact) mass is 1140 g/mol. The molecule has 432 valence electrons. The molecule has 6 aromatic rings. The number of aromatic nitrogens is 2. The number of halogens is 1. The van der Waals surface area contributed by atoms with Crippen LogP contribution in [0.25, 0.3) is 10.9 Å². The average Bonchev–Trinajstić information content (AvgIpc) is 4.32. The summed E-state index contributed by atoms with van der Waals surface area (Å²) < 4.78 is 11.9. The third-order valence-electron chi connectivity index (χ3n) is 15.4. The van der Waals surface area contributed by atoms with Gasteiger partial charge in [-0.15, -0.1) is 0 Å². The van der Waals surface area contributed by atoms with E-state index in [2.05, 4.69) is 47.2 Å². The third-order valence-corrected chi connectivity index (χ3v) is 15.6. The van der Waals surface area contributed by atoms with Crippen molar-refractivity contribution in [1.29, 1.82) is 0 Å². The van der Waals surface area contributed by atoms with Crippen LogP contribution in [0, 0.1) is 5.92 Å². The number of carbonyl (C=O) groups is 6. The molecule has 11 N–H and O–H groups in total. The molecule has 20 nitrogen and oxygen atoms in total. The highest BCUT2D eigenvalue weighted by atomic mass is 35.5. The Balaban J connectivity index is 1.10. The number of aryl methyl sites for hydroxylation is 1. The maximum atomic E-state index is 15.4. The SMILES string of the molecule is NCCNC(=O)O[C@@H]1C[C@H]2C(=O)N[C@@H](CCc3ccccc3)C(=O)N[C@H](Cc3c[nH]c4ccccc34)C(=O)N[C@@H](CC3CCNCC3)C(O)N[C@@H](Cc3ccc(OCc4ccc(Cl)cc4)cc3)C(=O)N[C@@H](Cc3cccnc3)C(=O)N2C1. The van der Waals surface area contributed by atoms with E-state index < -0.39 is 84.2 Å². The van der Waals surface area contributed by atoms with Crippen LogP contribution in [0.5, 0.6) is 5.75 Å². The molecule has 82 heavy (non-hydrogen) atoms. The molecule has 1 unspecified atom stereocenters. The van der Waals surface area contributed by atoms with Gasteiger partial charge in [0, 0.05) is 66.9 Å². The fraction of sp³-hybridized carbons (Fsp3) is 0.393. The van der Waals surface area contributed by atoms with Gasteiger partial charge >= 0.3 is 6.09 Å². The summed E-state index contributed by atoms with van der Waals surface area (Å²) in [7, 11) is 0. The van der Waals surface area contributed by atoms with Crippen molar-refractivity contribution in [1.82, 2.24) is 52.1 Å². The molecule has 4 aromatic carbocycles. The molecular weight excluding hydrogens is 1070 g/mol. The van der Waals surface area contributed by atoms with Crippen molar-refractivity contribution in [3.05, 3.63) is 167 Å². The topological polar surface area (TPSA) is 283 Å². The van der Waals surface area contributed by atoms with Crippen molar-refractivity contribution >= 4 is 58.1 Å². The van der Waals surface area contributed by atoms with Gasteiger partial charge in [-0.1, -0.05) is 90.5 Å². The van der Waals surface area contributed by atoms with E-state index in [1.54, 1.807) is 67.1 Å². The van der Waals surface area contributed by atoms with Gasteiger partial charge in [0.25, 0.3) is 0 Å². The van der Waals surface area contributed by atoms with Gasteiger partial charge in [0.15, 0.2) is 0 Å². The summed E-state index contributed by atoms with van der Waals surface area (Å²) >= 11 is 6.10. The number of ether oxygens (including phenoxy) is 2. The number of amides is 6. The number of benzene rings is 4. The van der Waals surface area contributed by atoms with Crippen molar-refractivity contribution in [2.24, 2.45) is 11.7 Å². The largest absolute Gasteiger partial charge is 0.489 e. The Kier molecular flexibility index (Phi) is 20.6. The first kappa shape index (κ1) is 58.8. The first-order chi connectivity index (χ1) is 39.8. The number of aliphatic hydroxyl groups excluding tert-OH is 1. The minimum atomic E-state index is -1.54. The third kappa shape index (κ3) is 16.2. The highest BCUT2D eigenvalue weighted by Crippen LogP contribution is 2.26. The average molecular weight is 1140 g/mol. The molecule has 9 rings (SSSR count). The fourth-order valence-corrected chi connectivity index (χ4v) is 11.1. The zero-order chi connectivity index (χ0) is 57.4. The number of para-hydroxylation sites is 1. The van der Waals surface area contributed by atoms with Gasteiger partial charge in [-0.2, -0.15) is 0 Å². The number of nitrogens with two attached hydrogens (primary N) is 1. The van der Waals surface area contributed by atoms with Crippen molar-refractivity contribution < 1.29 is 43.3 Å². The Bertz CT molecular complexity index is 3090. The molecule has 6 amide bonds. The second kappa shape index (κ2) is 28.7. The van der Waals surface area contributed by atoms with E-state index in [1.807, 2.05) is 66.7 Å². The van der Waals surface area contributed by atoms with Crippen LogP contribution in [-0.4, -0.2) is 137 Å². The van der Waals surface area contributed by atoms with E-state index in [0.717, 1.165) is 53.5 Å². The number of pyridine rings is 1. The number of piperidine rings is 1. The molecule has 3 saturated heterocycles. The summed E-state index contributed by atoms with van der Waals surface area (Å²) in [5.74, 6) is -2.70. The first-order valence-electron chi connectivity index (χ1n) is 28.1. The van der Waals surface area contributed by atoms with E-state index in [0.29, 0.717) is 34.7 Å². The molecule has 5 heterocycles. The molecular formula is C61H72ClN11O9. The number of carbonyl (C=O) groups excluding carboxylic acids is 6. The van der Waals surface area contributed by atoms with Gasteiger partial charge < -0.3 is 62.1 Å². The van der Waals surface area contributed by atoms with Gasteiger partial charge in [0.1, 0.15) is 48.9 Å². The van der Waals surface area contributed by atoms with E-state index in [-0.39, 0.29) is 64.3 Å². The van der Waals surface area contributed by atoms with Crippen LogP contribution in [0.1, 0.15) is 59.9 Å². The minimum absolute atomic E-state index is 0.00559. The van der Waals surface area contributed by atoms with Crippen molar-refractivity contribution in [3.8, 4) is 5.75 Å². The van der Waals surface area contributed by atoms with Gasteiger partial charge in [0.2, 0.25) is 29.5 Å². The summed E-state index contributed by atoms with van der Waals surface area (Å²) in [5, 5.41) is 35.2. The van der Waals surface area contributed by atoms with Crippen molar-refractivity contribution in [3.63, 3.8) is 0 Å². The predicted octanol–water partition coefficient (Wildman–Crippen LogP) is 3.73. The Morgan fingerprint density at radius 3 is 2.17 bits per heavy atom. The molecule has 0 aliphatic carbocycles. The minimum Gasteiger partial charge on any atom is -0.489 e. The molecule has 3 aliphatic rings. The first-order valence-corrected chi connectivity index (χ1v) is 28.5. The number of aliphatic hydroxyl groups is 1. The number of nitrogens with zero attached hydrogens (tertiary/aromatic N) is 2. The molecule has 0 spiro atoms. The highest BCUT2D eigenvalue weighted by Gasteiger charge is 2.45. The zero-order valence-electron chi connectivity index (χ0n) is 45.6. The number of hydrogen-bond donors (Lipinski definition) is 10. The van der Waals surface area contributed by atoms with Gasteiger partial charge in [0.05, 0.1) is 18.6 Å². The van der Waals surface area contributed by atoms with Crippen LogP contribution in [-0.2, 0) is 61.0 Å². The lowest BCUT2D eigenvalue weighted by atomic mass is 9.89. The molecule has 3 fully saturated rings. The maximum absolute atomic E-state index is 15.4. The van der Waals surface area contributed by atoms with Crippen LogP contribution >= 0.6 is 11.6 Å². The zero-order valence-corrected chi connectivity index (χ0v) is 46.3. The molecule has 0 bridgehead atoms. The molecule has 21 heteroatoms. The number of H-pyrrole nitrogens is 1. The molecule has 0 saturated carbocycles. The van der Waals surface area contributed by atoms with E-state index in [1.165, 1.54) is 4.90 Å². The lowest BCUT2D eigenvalue weighted by molar-refractivity contribution is -0.142.